The van der Waals surface area contributed by atoms with Gasteiger partial charge in [-0.15, -0.1) is 0 Å². The first-order valence-corrected chi connectivity index (χ1v) is 6.33. The maximum absolute atomic E-state index is 12.9. The molecule has 0 amide bonds. The van der Waals surface area contributed by atoms with Gasteiger partial charge in [-0.2, -0.15) is 0 Å². The van der Waals surface area contributed by atoms with Gasteiger partial charge in [0.2, 0.25) is 0 Å². The molecule has 0 fully saturated rings. The van der Waals surface area contributed by atoms with Crippen LogP contribution in [0.1, 0.15) is 12.6 Å². The van der Waals surface area contributed by atoms with Crippen LogP contribution in [0.2, 0.25) is 0 Å². The molecule has 0 aliphatic rings. The summed E-state index contributed by atoms with van der Waals surface area (Å²) in [4.78, 5) is 0. The van der Waals surface area contributed by atoms with E-state index in [0.717, 1.165) is 23.2 Å². The van der Waals surface area contributed by atoms with E-state index < -0.39 is 0 Å². The van der Waals surface area contributed by atoms with Crippen molar-refractivity contribution in [1.82, 2.24) is 4.57 Å². The van der Waals surface area contributed by atoms with Gasteiger partial charge in [0.05, 0.1) is 6.54 Å². The normalized spacial score (nSPS) is 10.5. The van der Waals surface area contributed by atoms with Crippen LogP contribution in [0.15, 0.2) is 41.0 Å². The van der Waals surface area contributed by atoms with Gasteiger partial charge in [-0.05, 0) is 53.2 Å². The summed E-state index contributed by atoms with van der Waals surface area (Å²) < 4.78 is 15.8. The highest BCUT2D eigenvalue weighted by molar-refractivity contribution is 9.10. The van der Waals surface area contributed by atoms with Crippen LogP contribution in [0.4, 0.5) is 10.1 Å². The second kappa shape index (κ2) is 5.36. The van der Waals surface area contributed by atoms with E-state index in [0.29, 0.717) is 0 Å². The quantitative estimate of drug-likeness (QED) is 0.902. The number of rotatable bonds is 4. The minimum absolute atomic E-state index is 0.237. The molecule has 0 saturated heterocycles. The number of hydrogen-bond acceptors (Lipinski definition) is 1. The molecule has 2 rings (SSSR count). The molecule has 90 valence electrons. The Morgan fingerprint density at radius 1 is 1.35 bits per heavy atom. The van der Waals surface area contributed by atoms with Crippen LogP contribution in [0.25, 0.3) is 0 Å². The van der Waals surface area contributed by atoms with Gasteiger partial charge in [-0.25, -0.2) is 4.39 Å². The lowest BCUT2D eigenvalue weighted by molar-refractivity contribution is 0.627. The molecule has 2 nitrogen and oxygen atoms in total. The summed E-state index contributed by atoms with van der Waals surface area (Å²) in [5.74, 6) is -0.237. The van der Waals surface area contributed by atoms with Crippen molar-refractivity contribution in [2.24, 2.45) is 0 Å². The zero-order chi connectivity index (χ0) is 12.3. The van der Waals surface area contributed by atoms with Gasteiger partial charge in [-0.3, -0.25) is 0 Å². The van der Waals surface area contributed by atoms with Crippen LogP contribution >= 0.6 is 15.9 Å². The number of anilines is 1. The average Bonchev–Trinajstić information content (AvgIpc) is 2.75. The minimum atomic E-state index is -0.237. The first-order chi connectivity index (χ1) is 8.20. The summed E-state index contributed by atoms with van der Waals surface area (Å²) in [6.45, 7) is 3.79. The number of aryl methyl sites for hydroxylation is 1. The largest absolute Gasteiger partial charge is 0.379 e. The summed E-state index contributed by atoms with van der Waals surface area (Å²) in [6, 6.07) is 8.75. The third-order valence-electron chi connectivity index (χ3n) is 2.66. The van der Waals surface area contributed by atoms with Crippen LogP contribution < -0.4 is 5.32 Å². The second-order valence-electron chi connectivity index (χ2n) is 3.76. The van der Waals surface area contributed by atoms with Crippen molar-refractivity contribution in [2.75, 3.05) is 5.32 Å². The Morgan fingerprint density at radius 3 is 2.88 bits per heavy atom. The lowest BCUT2D eigenvalue weighted by Gasteiger charge is -2.10. The van der Waals surface area contributed by atoms with E-state index in [4.69, 9.17) is 0 Å². The van der Waals surface area contributed by atoms with Gasteiger partial charge in [0.25, 0.3) is 0 Å². The second-order valence-corrected chi connectivity index (χ2v) is 4.62. The Morgan fingerprint density at radius 2 is 2.18 bits per heavy atom. The van der Waals surface area contributed by atoms with Crippen LogP contribution in [0, 0.1) is 5.82 Å². The van der Waals surface area contributed by atoms with E-state index in [1.165, 1.54) is 17.8 Å². The molecule has 0 spiro atoms. The van der Waals surface area contributed by atoms with Gasteiger partial charge in [0.15, 0.2) is 0 Å². The number of aromatic nitrogens is 1. The molecule has 1 N–H and O–H groups in total. The number of benzene rings is 1. The van der Waals surface area contributed by atoms with E-state index in [-0.39, 0.29) is 5.82 Å². The average molecular weight is 297 g/mol. The molecule has 2 aromatic rings. The van der Waals surface area contributed by atoms with Gasteiger partial charge < -0.3 is 9.88 Å². The standard InChI is InChI=1S/C13H14BrFN2/c1-2-17-7-3-4-11(17)9-16-13-6-5-10(15)8-12(13)14/h3-8,16H,2,9H2,1H3. The summed E-state index contributed by atoms with van der Waals surface area (Å²) in [6.07, 6.45) is 2.05. The summed E-state index contributed by atoms with van der Waals surface area (Å²) in [5, 5.41) is 3.28. The monoisotopic (exact) mass is 296 g/mol. The number of nitrogens with one attached hydrogen (secondary N) is 1. The Hall–Kier alpha value is -1.29. The van der Waals surface area contributed by atoms with E-state index in [1.54, 1.807) is 6.07 Å². The van der Waals surface area contributed by atoms with Crippen molar-refractivity contribution in [3.05, 3.63) is 52.5 Å². The topological polar surface area (TPSA) is 17.0 Å². The Labute approximate surface area is 109 Å². The molecule has 0 aliphatic heterocycles. The predicted molar refractivity (Wildman–Crippen MR) is 71.5 cm³/mol. The fourth-order valence-electron chi connectivity index (χ4n) is 1.74. The van der Waals surface area contributed by atoms with Crippen molar-refractivity contribution in [1.29, 1.82) is 0 Å². The zero-order valence-electron chi connectivity index (χ0n) is 9.58. The molecule has 0 aliphatic carbocycles. The molecule has 1 aromatic carbocycles. The lowest BCUT2D eigenvalue weighted by Crippen LogP contribution is -2.06. The smallest absolute Gasteiger partial charge is 0.124 e. The molecule has 0 bridgehead atoms. The number of nitrogens with zero attached hydrogens (tertiary/aromatic N) is 1. The van der Waals surface area contributed by atoms with Crippen molar-refractivity contribution < 1.29 is 4.39 Å². The third-order valence-corrected chi connectivity index (χ3v) is 3.31. The fourth-order valence-corrected chi connectivity index (χ4v) is 2.23. The van der Waals surface area contributed by atoms with E-state index in [2.05, 4.69) is 45.0 Å². The zero-order valence-corrected chi connectivity index (χ0v) is 11.2. The molecule has 4 heteroatoms. The van der Waals surface area contributed by atoms with E-state index >= 15 is 0 Å². The maximum atomic E-state index is 12.9. The molecular weight excluding hydrogens is 283 g/mol. The highest BCUT2D eigenvalue weighted by atomic mass is 79.9. The Bertz CT molecular complexity index is 508. The molecule has 1 aromatic heterocycles. The van der Waals surface area contributed by atoms with Gasteiger partial charge in [0, 0.05) is 28.6 Å². The third kappa shape index (κ3) is 2.88. The van der Waals surface area contributed by atoms with Crippen molar-refractivity contribution in [3.8, 4) is 0 Å². The summed E-state index contributed by atoms with van der Waals surface area (Å²) >= 11 is 3.34. The maximum Gasteiger partial charge on any atom is 0.124 e. The Kier molecular flexibility index (Phi) is 3.84. The van der Waals surface area contributed by atoms with Crippen molar-refractivity contribution in [3.63, 3.8) is 0 Å². The number of hydrogen-bond donors (Lipinski definition) is 1. The van der Waals surface area contributed by atoms with Crippen LogP contribution in [-0.4, -0.2) is 4.57 Å². The van der Waals surface area contributed by atoms with Crippen molar-refractivity contribution >= 4 is 21.6 Å². The Balaban J connectivity index is 2.07. The summed E-state index contributed by atoms with van der Waals surface area (Å²) in [5.41, 5.74) is 2.11. The molecule has 1 heterocycles. The van der Waals surface area contributed by atoms with Crippen LogP contribution in [-0.2, 0) is 13.1 Å². The molecule has 0 unspecified atom stereocenters. The molecule has 0 atom stereocenters. The molecule has 0 radical (unpaired) electrons. The predicted octanol–water partition coefficient (Wildman–Crippen LogP) is 4.02. The lowest BCUT2D eigenvalue weighted by atomic mass is 10.3. The number of halogens is 2. The molecular formula is C13H14BrFN2. The van der Waals surface area contributed by atoms with E-state index in [1.807, 2.05) is 6.07 Å². The fraction of sp³-hybridized carbons (Fsp3) is 0.231. The van der Waals surface area contributed by atoms with Crippen LogP contribution in [0.3, 0.4) is 0 Å². The molecule has 17 heavy (non-hydrogen) atoms. The highest BCUT2D eigenvalue weighted by Crippen LogP contribution is 2.23. The van der Waals surface area contributed by atoms with Crippen molar-refractivity contribution in [2.45, 2.75) is 20.0 Å². The van der Waals surface area contributed by atoms with Crippen LogP contribution in [0.5, 0.6) is 0 Å². The summed E-state index contributed by atoms with van der Waals surface area (Å²) in [7, 11) is 0. The minimum Gasteiger partial charge on any atom is -0.379 e. The first-order valence-electron chi connectivity index (χ1n) is 5.53. The molecule has 0 saturated carbocycles. The van der Waals surface area contributed by atoms with Gasteiger partial charge in [-0.1, -0.05) is 0 Å². The highest BCUT2D eigenvalue weighted by Gasteiger charge is 2.03. The van der Waals surface area contributed by atoms with E-state index in [9.17, 15) is 4.39 Å². The first kappa shape index (κ1) is 12.2. The SMILES string of the molecule is CCn1cccc1CNc1ccc(F)cc1Br. The van der Waals surface area contributed by atoms with Gasteiger partial charge in [0.1, 0.15) is 5.82 Å². The van der Waals surface area contributed by atoms with Gasteiger partial charge >= 0.3 is 0 Å².